The van der Waals surface area contributed by atoms with Gasteiger partial charge in [0.2, 0.25) is 0 Å². The Labute approximate surface area is 203 Å². The summed E-state index contributed by atoms with van der Waals surface area (Å²) in [5.41, 5.74) is 1.78. The summed E-state index contributed by atoms with van der Waals surface area (Å²) in [5, 5.41) is 43.1. The van der Waals surface area contributed by atoms with Gasteiger partial charge in [-0.25, -0.2) is 4.39 Å². The van der Waals surface area contributed by atoms with Gasteiger partial charge >= 0.3 is 0 Å². The van der Waals surface area contributed by atoms with Crippen LogP contribution in [-0.4, -0.2) is 38.7 Å². The van der Waals surface area contributed by atoms with Crippen LogP contribution in [0.15, 0.2) is 35.9 Å². The van der Waals surface area contributed by atoms with Gasteiger partial charge in [-0.2, -0.15) is 0 Å². The fraction of sp³-hybridized carbons (Fsp3) is 0.724. The van der Waals surface area contributed by atoms with Gasteiger partial charge in [-0.15, -0.1) is 0 Å². The molecule has 5 heteroatoms. The van der Waals surface area contributed by atoms with Crippen LogP contribution in [0.1, 0.15) is 89.7 Å². The topological polar surface area (TPSA) is 80.9 Å². The summed E-state index contributed by atoms with van der Waals surface area (Å²) in [4.78, 5) is 0. The molecule has 2 fully saturated rings. The lowest BCUT2D eigenvalue weighted by Gasteiger charge is -2.51. The van der Waals surface area contributed by atoms with Crippen molar-refractivity contribution in [2.24, 2.45) is 29.1 Å². The lowest BCUT2D eigenvalue weighted by Crippen LogP contribution is -2.48. The Balaban J connectivity index is 1.41. The van der Waals surface area contributed by atoms with Crippen LogP contribution in [0.4, 0.5) is 4.39 Å². The van der Waals surface area contributed by atoms with Crippen LogP contribution in [0.25, 0.3) is 0 Å². The van der Waals surface area contributed by atoms with Crippen molar-refractivity contribution in [3.63, 3.8) is 0 Å². The number of benzene rings is 1. The molecule has 0 spiro atoms. The molecule has 0 radical (unpaired) electrons. The zero-order valence-electron chi connectivity index (χ0n) is 20.7. The maximum absolute atomic E-state index is 13.3. The fourth-order valence-corrected chi connectivity index (χ4v) is 7.59. The van der Waals surface area contributed by atoms with Crippen molar-refractivity contribution in [1.29, 1.82) is 0 Å². The first-order valence-electron chi connectivity index (χ1n) is 13.4. The molecule has 34 heavy (non-hydrogen) atoms. The zero-order valence-corrected chi connectivity index (χ0v) is 20.7. The smallest absolute Gasteiger partial charge is 0.123 e. The van der Waals surface area contributed by atoms with Crippen LogP contribution in [-0.2, 0) is 0 Å². The molecule has 1 aromatic rings. The van der Waals surface area contributed by atoms with E-state index in [0.717, 1.165) is 64.2 Å². The van der Waals surface area contributed by atoms with E-state index in [9.17, 15) is 24.8 Å². The molecule has 0 bridgehead atoms. The monoisotopic (exact) mass is 474 g/mol. The summed E-state index contributed by atoms with van der Waals surface area (Å²) in [6, 6.07) is 5.45. The van der Waals surface area contributed by atoms with Crippen molar-refractivity contribution >= 4 is 0 Å². The van der Waals surface area contributed by atoms with Crippen molar-refractivity contribution in [3.8, 4) is 0 Å². The van der Waals surface area contributed by atoms with Crippen LogP contribution in [0.5, 0.6) is 0 Å². The third kappa shape index (κ3) is 5.13. The molecule has 0 saturated heterocycles. The molecular weight excluding hydrogens is 431 g/mol. The Bertz CT molecular complexity index is 839. The first-order valence-corrected chi connectivity index (χ1v) is 13.4. The molecule has 4 nitrogen and oxygen atoms in total. The minimum atomic E-state index is -1.30. The lowest BCUT2D eigenvalue weighted by atomic mass is 9.54. The van der Waals surface area contributed by atoms with Gasteiger partial charge in [0, 0.05) is 0 Å². The van der Waals surface area contributed by atoms with Crippen molar-refractivity contribution in [2.45, 2.75) is 102 Å². The van der Waals surface area contributed by atoms with Gasteiger partial charge < -0.3 is 20.4 Å². The Morgan fingerprint density at radius 1 is 1.06 bits per heavy atom. The molecule has 4 rings (SSSR count). The van der Waals surface area contributed by atoms with E-state index in [-0.39, 0.29) is 17.4 Å². The number of fused-ring (bicyclic) bond motifs is 3. The predicted molar refractivity (Wildman–Crippen MR) is 131 cm³/mol. The van der Waals surface area contributed by atoms with E-state index >= 15 is 0 Å². The first-order chi connectivity index (χ1) is 16.2. The molecule has 0 aromatic heterocycles. The third-order valence-electron chi connectivity index (χ3n) is 9.55. The highest BCUT2D eigenvalue weighted by Gasteiger charge is 2.56. The molecule has 1 aromatic carbocycles. The van der Waals surface area contributed by atoms with E-state index in [4.69, 9.17) is 0 Å². The maximum atomic E-state index is 13.3. The van der Waals surface area contributed by atoms with E-state index in [1.54, 1.807) is 0 Å². The van der Waals surface area contributed by atoms with E-state index in [0.29, 0.717) is 23.3 Å². The van der Waals surface area contributed by atoms with Gasteiger partial charge in [-0.1, -0.05) is 50.5 Å². The number of unbranched alkanes of at least 4 members (excludes halogenated alkanes) is 1. The Kier molecular flexibility index (Phi) is 8.18. The standard InChI is InChI=1S/C29H43FO4/c1-3-4-5-22(31)17-18-6-11-23-20(16-18)14-15-29(2)24(23)12-13-25(29)27(33)28(34)26(32)19-7-9-21(30)10-8-19/h6-10,20,22-28,31-34H,3-5,11-17H2,1-2H3/t20-,22+,23-,24+,25-,26+,27+,28+,29+/m1/s1. The van der Waals surface area contributed by atoms with Crippen molar-refractivity contribution in [3.05, 3.63) is 47.3 Å². The van der Waals surface area contributed by atoms with Gasteiger partial charge in [0.15, 0.2) is 0 Å². The van der Waals surface area contributed by atoms with Crippen LogP contribution < -0.4 is 0 Å². The SMILES string of the molecule is CCCC[C@H](O)CC1=CC[C@@H]2[C@H](CC[C@]3(C)[C@@H]([C@H](O)[C@@H](O)[C@@H](O)c4ccc(F)cc4)CC[C@@H]23)C1. The Morgan fingerprint density at radius 3 is 2.50 bits per heavy atom. The molecule has 2 saturated carbocycles. The molecule has 3 aliphatic carbocycles. The minimum absolute atomic E-state index is 0.0595. The summed E-state index contributed by atoms with van der Waals surface area (Å²) in [5.74, 6) is 1.27. The van der Waals surface area contributed by atoms with Crippen molar-refractivity contribution in [1.82, 2.24) is 0 Å². The molecule has 0 unspecified atom stereocenters. The number of rotatable bonds is 9. The largest absolute Gasteiger partial charge is 0.393 e. The molecule has 190 valence electrons. The van der Waals surface area contributed by atoms with Crippen LogP contribution in [0, 0.1) is 34.9 Å². The molecule has 3 aliphatic rings. The highest BCUT2D eigenvalue weighted by Crippen LogP contribution is 2.62. The number of aliphatic hydroxyl groups excluding tert-OH is 4. The average Bonchev–Trinajstić information content (AvgIpc) is 3.19. The summed E-state index contributed by atoms with van der Waals surface area (Å²) in [7, 11) is 0. The lowest BCUT2D eigenvalue weighted by molar-refractivity contribution is -0.115. The maximum Gasteiger partial charge on any atom is 0.123 e. The Hall–Kier alpha value is -1.27. The minimum Gasteiger partial charge on any atom is -0.393 e. The van der Waals surface area contributed by atoms with E-state index in [1.165, 1.54) is 29.8 Å². The summed E-state index contributed by atoms with van der Waals surface area (Å²) >= 11 is 0. The van der Waals surface area contributed by atoms with Gasteiger partial charge in [0.25, 0.3) is 0 Å². The number of aliphatic hydroxyl groups is 4. The van der Waals surface area contributed by atoms with Crippen LogP contribution >= 0.6 is 0 Å². The Morgan fingerprint density at radius 2 is 1.79 bits per heavy atom. The second-order valence-corrected chi connectivity index (χ2v) is 11.5. The van der Waals surface area contributed by atoms with E-state index in [2.05, 4.69) is 19.9 Å². The van der Waals surface area contributed by atoms with Crippen LogP contribution in [0.3, 0.4) is 0 Å². The molecule has 4 N–H and O–H groups in total. The molecule has 0 heterocycles. The molecule has 0 amide bonds. The van der Waals surface area contributed by atoms with E-state index in [1.807, 2.05) is 0 Å². The predicted octanol–water partition coefficient (Wildman–Crippen LogP) is 5.30. The van der Waals surface area contributed by atoms with Gasteiger partial charge in [0.05, 0.1) is 12.2 Å². The second-order valence-electron chi connectivity index (χ2n) is 11.5. The first kappa shape index (κ1) is 25.8. The summed E-state index contributed by atoms with van der Waals surface area (Å²) < 4.78 is 13.3. The quantitative estimate of drug-likeness (QED) is 0.366. The van der Waals surface area contributed by atoms with Gasteiger partial charge in [-0.3, -0.25) is 0 Å². The fourth-order valence-electron chi connectivity index (χ4n) is 7.59. The molecular formula is C29H43FO4. The highest BCUT2D eigenvalue weighted by molar-refractivity contribution is 5.21. The highest BCUT2D eigenvalue weighted by atomic mass is 19.1. The molecule has 9 atom stereocenters. The van der Waals surface area contributed by atoms with Crippen LogP contribution in [0.2, 0.25) is 0 Å². The van der Waals surface area contributed by atoms with Crippen molar-refractivity contribution in [2.75, 3.05) is 0 Å². The van der Waals surface area contributed by atoms with Gasteiger partial charge in [-0.05, 0) is 98.1 Å². The number of halogens is 1. The van der Waals surface area contributed by atoms with E-state index < -0.39 is 24.1 Å². The average molecular weight is 475 g/mol. The van der Waals surface area contributed by atoms with Crippen molar-refractivity contribution < 1.29 is 24.8 Å². The zero-order chi connectivity index (χ0) is 24.5. The number of hydrogen-bond acceptors (Lipinski definition) is 4. The molecule has 0 aliphatic heterocycles. The normalized spacial score (nSPS) is 34.5. The summed E-state index contributed by atoms with van der Waals surface area (Å²) in [6.07, 6.45) is 8.62. The number of hydrogen-bond donors (Lipinski definition) is 4. The second kappa shape index (κ2) is 10.8. The number of allylic oxidation sites excluding steroid dienone is 1. The van der Waals surface area contributed by atoms with Gasteiger partial charge in [0.1, 0.15) is 18.0 Å². The third-order valence-corrected chi connectivity index (χ3v) is 9.55. The summed E-state index contributed by atoms with van der Waals surface area (Å²) in [6.45, 7) is 4.43.